The van der Waals surface area contributed by atoms with Gasteiger partial charge in [0.05, 0.1) is 0 Å². The van der Waals surface area contributed by atoms with Crippen LogP contribution < -0.4 is 9.16 Å². The van der Waals surface area contributed by atoms with Crippen LogP contribution in [-0.4, -0.2) is 20.7 Å². The maximum Gasteiger partial charge on any atom is 0.387 e. The highest BCUT2D eigenvalue weighted by Crippen LogP contribution is 2.32. The Kier molecular flexibility index (Phi) is 4.45. The first-order valence-electron chi connectivity index (χ1n) is 5.48. The number of ketones is 1. The van der Waals surface area contributed by atoms with Crippen LogP contribution in [0, 0.1) is 0 Å². The van der Waals surface area contributed by atoms with Crippen molar-refractivity contribution in [2.45, 2.75) is 33.2 Å². The van der Waals surface area contributed by atoms with Crippen LogP contribution in [0.4, 0.5) is 8.78 Å². The fraction of sp³-hybridized carbons (Fsp3) is 0.417. The van der Waals surface area contributed by atoms with Crippen LogP contribution in [0.2, 0.25) is 19.6 Å². The molecule has 6 heteroatoms. The zero-order valence-electron chi connectivity index (χ0n) is 10.8. The van der Waals surface area contributed by atoms with Crippen molar-refractivity contribution in [2.24, 2.45) is 0 Å². The predicted molar refractivity (Wildman–Crippen MR) is 67.1 cm³/mol. The Labute approximate surface area is 106 Å². The van der Waals surface area contributed by atoms with E-state index < -0.39 is 14.9 Å². The Hall–Kier alpha value is -1.43. The minimum atomic E-state index is -2.92. The third-order valence-electron chi connectivity index (χ3n) is 1.98. The van der Waals surface area contributed by atoms with Crippen molar-refractivity contribution in [1.82, 2.24) is 0 Å². The molecule has 0 N–H and O–H groups in total. The molecule has 1 aromatic carbocycles. The number of benzene rings is 1. The average Bonchev–Trinajstić information content (AvgIpc) is 2.17. The molecule has 0 aliphatic rings. The summed E-state index contributed by atoms with van der Waals surface area (Å²) >= 11 is 0. The molecule has 1 aromatic rings. The lowest BCUT2D eigenvalue weighted by atomic mass is 10.1. The van der Waals surface area contributed by atoms with E-state index >= 15 is 0 Å². The maximum absolute atomic E-state index is 12.3. The number of hydrogen-bond donors (Lipinski definition) is 0. The Bertz CT molecular complexity index is 441. The van der Waals surface area contributed by atoms with Crippen LogP contribution in [0.15, 0.2) is 18.2 Å². The Morgan fingerprint density at radius 2 is 1.83 bits per heavy atom. The number of halogens is 2. The van der Waals surface area contributed by atoms with E-state index in [9.17, 15) is 13.6 Å². The fourth-order valence-electron chi connectivity index (χ4n) is 1.33. The number of carbonyl (C=O) groups is 1. The second kappa shape index (κ2) is 5.47. The fourth-order valence-corrected chi connectivity index (χ4v) is 2.15. The van der Waals surface area contributed by atoms with E-state index in [4.69, 9.17) is 4.43 Å². The molecule has 0 fully saturated rings. The van der Waals surface area contributed by atoms with Gasteiger partial charge in [-0.05, 0) is 44.8 Å². The van der Waals surface area contributed by atoms with E-state index in [0.717, 1.165) is 0 Å². The number of ether oxygens (including phenoxy) is 1. The molecule has 0 radical (unpaired) electrons. The lowest BCUT2D eigenvalue weighted by Crippen LogP contribution is -2.29. The van der Waals surface area contributed by atoms with Gasteiger partial charge in [-0.3, -0.25) is 4.79 Å². The number of carbonyl (C=O) groups excluding carboxylic acids is 1. The molecular formula is C12H16F2O3Si. The highest BCUT2D eigenvalue weighted by molar-refractivity contribution is 6.70. The minimum Gasteiger partial charge on any atom is -0.542 e. The van der Waals surface area contributed by atoms with E-state index in [0.29, 0.717) is 5.56 Å². The first kappa shape index (κ1) is 14.6. The Morgan fingerprint density at radius 1 is 1.22 bits per heavy atom. The first-order chi connectivity index (χ1) is 8.19. The van der Waals surface area contributed by atoms with Crippen molar-refractivity contribution in [3.05, 3.63) is 23.8 Å². The zero-order chi connectivity index (χ0) is 13.9. The van der Waals surface area contributed by atoms with Crippen LogP contribution >= 0.6 is 0 Å². The largest absolute Gasteiger partial charge is 0.542 e. The topological polar surface area (TPSA) is 35.5 Å². The molecule has 1 rings (SSSR count). The van der Waals surface area contributed by atoms with E-state index in [2.05, 4.69) is 4.74 Å². The molecule has 0 bridgehead atoms. The molecule has 0 saturated carbocycles. The van der Waals surface area contributed by atoms with Gasteiger partial charge in [0, 0.05) is 5.56 Å². The van der Waals surface area contributed by atoms with Crippen LogP contribution in [0.25, 0.3) is 0 Å². The molecule has 100 valence electrons. The highest BCUT2D eigenvalue weighted by atomic mass is 28.4. The lowest BCUT2D eigenvalue weighted by Gasteiger charge is -2.21. The molecule has 0 spiro atoms. The smallest absolute Gasteiger partial charge is 0.387 e. The molecule has 0 aromatic heterocycles. The Morgan fingerprint density at radius 3 is 2.28 bits per heavy atom. The maximum atomic E-state index is 12.3. The molecule has 0 heterocycles. The van der Waals surface area contributed by atoms with Gasteiger partial charge in [0.2, 0.25) is 8.32 Å². The molecule has 0 saturated heterocycles. The summed E-state index contributed by atoms with van der Waals surface area (Å²) in [4.78, 5) is 11.3. The first-order valence-corrected chi connectivity index (χ1v) is 8.88. The van der Waals surface area contributed by atoms with E-state index in [-0.39, 0.29) is 17.3 Å². The van der Waals surface area contributed by atoms with Gasteiger partial charge in [-0.1, -0.05) is 0 Å². The summed E-state index contributed by atoms with van der Waals surface area (Å²) in [5, 5.41) is 0. The summed E-state index contributed by atoms with van der Waals surface area (Å²) in [6.07, 6.45) is 0. The normalized spacial score (nSPS) is 11.5. The van der Waals surface area contributed by atoms with Crippen molar-refractivity contribution in [3.8, 4) is 11.5 Å². The van der Waals surface area contributed by atoms with Gasteiger partial charge < -0.3 is 9.16 Å². The molecule has 0 aliphatic heterocycles. The predicted octanol–water partition coefficient (Wildman–Crippen LogP) is 3.70. The molecule has 0 aliphatic carbocycles. The summed E-state index contributed by atoms with van der Waals surface area (Å²) in [6.45, 7) is 4.23. The van der Waals surface area contributed by atoms with Gasteiger partial charge in [-0.25, -0.2) is 0 Å². The van der Waals surface area contributed by atoms with E-state index in [1.54, 1.807) is 0 Å². The summed E-state index contributed by atoms with van der Waals surface area (Å²) < 4.78 is 34.5. The van der Waals surface area contributed by atoms with Crippen molar-refractivity contribution >= 4 is 14.1 Å². The number of rotatable bonds is 5. The lowest BCUT2D eigenvalue weighted by molar-refractivity contribution is -0.0508. The van der Waals surface area contributed by atoms with Gasteiger partial charge >= 0.3 is 6.61 Å². The molecule has 0 unspecified atom stereocenters. The van der Waals surface area contributed by atoms with Crippen LogP contribution in [0.1, 0.15) is 17.3 Å². The van der Waals surface area contributed by atoms with Crippen LogP contribution in [0.3, 0.4) is 0 Å². The second-order valence-electron chi connectivity index (χ2n) is 4.81. The van der Waals surface area contributed by atoms with Crippen molar-refractivity contribution < 1.29 is 22.7 Å². The monoisotopic (exact) mass is 274 g/mol. The standard InChI is InChI=1S/C12H16F2O3Si/c1-8(15)9-5-6-10(16-12(13)14)11(7-9)17-18(2,3)4/h5-7,12H,1-4H3. The van der Waals surface area contributed by atoms with Crippen molar-refractivity contribution in [2.75, 3.05) is 0 Å². The minimum absolute atomic E-state index is 0.0441. The van der Waals surface area contributed by atoms with Gasteiger partial charge in [0.1, 0.15) is 5.75 Å². The molecule has 0 amide bonds. The van der Waals surface area contributed by atoms with Gasteiger partial charge in [0.25, 0.3) is 0 Å². The third kappa shape index (κ3) is 4.44. The summed E-state index contributed by atoms with van der Waals surface area (Å²) in [5.74, 6) is -0.00128. The number of hydrogen-bond acceptors (Lipinski definition) is 3. The highest BCUT2D eigenvalue weighted by Gasteiger charge is 2.21. The second-order valence-corrected chi connectivity index (χ2v) is 9.24. The van der Waals surface area contributed by atoms with Gasteiger partial charge in [-0.15, -0.1) is 0 Å². The van der Waals surface area contributed by atoms with Crippen molar-refractivity contribution in [1.29, 1.82) is 0 Å². The van der Waals surface area contributed by atoms with Crippen LogP contribution in [0.5, 0.6) is 11.5 Å². The van der Waals surface area contributed by atoms with E-state index in [1.165, 1.54) is 25.1 Å². The average molecular weight is 274 g/mol. The summed E-state index contributed by atoms with van der Waals surface area (Å²) in [5.41, 5.74) is 0.407. The number of Topliss-reactive ketones (excluding diaryl/α,β-unsaturated/α-hetero) is 1. The van der Waals surface area contributed by atoms with Crippen molar-refractivity contribution in [3.63, 3.8) is 0 Å². The Balaban J connectivity index is 3.13. The zero-order valence-corrected chi connectivity index (χ0v) is 11.8. The molecular weight excluding hydrogens is 258 g/mol. The summed E-state index contributed by atoms with van der Waals surface area (Å²) in [7, 11) is -1.97. The molecule has 3 nitrogen and oxygen atoms in total. The number of alkyl halides is 2. The third-order valence-corrected chi connectivity index (χ3v) is 2.81. The van der Waals surface area contributed by atoms with E-state index in [1.807, 2.05) is 19.6 Å². The van der Waals surface area contributed by atoms with Gasteiger partial charge in [0.15, 0.2) is 11.5 Å². The van der Waals surface area contributed by atoms with Gasteiger partial charge in [-0.2, -0.15) is 8.78 Å². The molecule has 18 heavy (non-hydrogen) atoms. The van der Waals surface area contributed by atoms with Crippen LogP contribution in [-0.2, 0) is 0 Å². The quantitative estimate of drug-likeness (QED) is 0.606. The summed E-state index contributed by atoms with van der Waals surface area (Å²) in [6, 6.07) is 4.22. The SMILES string of the molecule is CC(=O)c1ccc(OC(F)F)c(O[Si](C)(C)C)c1. The molecule has 0 atom stereocenters.